The molecule has 5 rings (SSSR count). The van der Waals surface area contributed by atoms with Crippen LogP contribution in [-0.4, -0.2) is 64.9 Å². The Morgan fingerprint density at radius 2 is 1.91 bits per heavy atom. The summed E-state index contributed by atoms with van der Waals surface area (Å²) in [6.45, 7) is 5.61. The maximum Gasteiger partial charge on any atom is 0.490 e. The Bertz CT molecular complexity index is 1200. The average molecular weight is 466 g/mol. The summed E-state index contributed by atoms with van der Waals surface area (Å²) < 4.78 is 35.6. The SMILES string of the molecule is Cc1cc(N2CCn3cc(C(=O)NC4CC4)nc3C2C)n2ncnc2n1.O=C(O)C(F)(F)F. The maximum absolute atomic E-state index is 12.3. The fourth-order valence-corrected chi connectivity index (χ4v) is 3.52. The molecule has 0 bridgehead atoms. The highest BCUT2D eigenvalue weighted by Gasteiger charge is 2.38. The van der Waals surface area contributed by atoms with Crippen LogP contribution >= 0.6 is 0 Å². The predicted octanol–water partition coefficient (Wildman–Crippen LogP) is 1.74. The molecule has 1 atom stereocenters. The molecular weight excluding hydrogens is 445 g/mol. The Morgan fingerprint density at radius 1 is 1.21 bits per heavy atom. The fraction of sp³-hybridized carbons (Fsp3) is 0.474. The number of hydrogen-bond donors (Lipinski definition) is 2. The summed E-state index contributed by atoms with van der Waals surface area (Å²) in [6, 6.07) is 2.35. The number of rotatable bonds is 3. The first-order valence-corrected chi connectivity index (χ1v) is 10.2. The number of carboxylic acid groups (broad SMARTS) is 1. The molecule has 1 aliphatic carbocycles. The molecule has 1 saturated carbocycles. The Kier molecular flexibility index (Phi) is 5.68. The van der Waals surface area contributed by atoms with E-state index in [9.17, 15) is 18.0 Å². The second-order valence-electron chi connectivity index (χ2n) is 7.83. The zero-order chi connectivity index (χ0) is 23.9. The third kappa shape index (κ3) is 4.73. The lowest BCUT2D eigenvalue weighted by Crippen LogP contribution is -2.38. The first-order chi connectivity index (χ1) is 15.5. The molecule has 33 heavy (non-hydrogen) atoms. The molecule has 176 valence electrons. The first kappa shape index (κ1) is 22.5. The second-order valence-corrected chi connectivity index (χ2v) is 7.83. The number of aliphatic carboxylic acids is 1. The highest BCUT2D eigenvalue weighted by atomic mass is 19.4. The van der Waals surface area contributed by atoms with E-state index in [-0.39, 0.29) is 11.9 Å². The van der Waals surface area contributed by atoms with Crippen molar-refractivity contribution in [2.45, 2.75) is 51.5 Å². The molecule has 1 aliphatic heterocycles. The van der Waals surface area contributed by atoms with Gasteiger partial charge in [0.2, 0.25) is 0 Å². The summed E-state index contributed by atoms with van der Waals surface area (Å²) in [5.74, 6) is -0.416. The number of aryl methyl sites for hydroxylation is 1. The number of halogens is 3. The van der Waals surface area contributed by atoms with Crippen LogP contribution in [-0.2, 0) is 11.3 Å². The van der Waals surface area contributed by atoms with Gasteiger partial charge in [0.15, 0.2) is 0 Å². The van der Waals surface area contributed by atoms with E-state index in [0.717, 1.165) is 43.3 Å². The van der Waals surface area contributed by atoms with Crippen LogP contribution in [0, 0.1) is 6.92 Å². The number of hydrogen-bond acceptors (Lipinski definition) is 7. The zero-order valence-corrected chi connectivity index (χ0v) is 17.7. The smallest absolute Gasteiger partial charge is 0.475 e. The molecule has 1 fully saturated rings. The van der Waals surface area contributed by atoms with Crippen LogP contribution in [0.2, 0.25) is 0 Å². The highest BCUT2D eigenvalue weighted by molar-refractivity contribution is 5.92. The Morgan fingerprint density at radius 3 is 2.55 bits per heavy atom. The van der Waals surface area contributed by atoms with Crippen LogP contribution in [0.3, 0.4) is 0 Å². The third-order valence-corrected chi connectivity index (χ3v) is 5.27. The number of amides is 1. The van der Waals surface area contributed by atoms with Crippen molar-refractivity contribution in [2.75, 3.05) is 11.4 Å². The van der Waals surface area contributed by atoms with Gasteiger partial charge in [0.05, 0.1) is 6.04 Å². The van der Waals surface area contributed by atoms with Gasteiger partial charge in [-0.1, -0.05) is 0 Å². The van der Waals surface area contributed by atoms with Crippen LogP contribution in [0.1, 0.15) is 47.8 Å². The van der Waals surface area contributed by atoms with E-state index in [0.29, 0.717) is 17.5 Å². The zero-order valence-electron chi connectivity index (χ0n) is 17.7. The van der Waals surface area contributed by atoms with Crippen molar-refractivity contribution in [3.05, 3.63) is 35.8 Å². The molecule has 3 aromatic rings. The molecule has 2 aliphatic rings. The summed E-state index contributed by atoms with van der Waals surface area (Å²) >= 11 is 0. The van der Waals surface area contributed by atoms with E-state index >= 15 is 0 Å². The molecule has 14 heteroatoms. The van der Waals surface area contributed by atoms with Crippen LogP contribution in [0.4, 0.5) is 19.0 Å². The van der Waals surface area contributed by atoms with Gasteiger partial charge in [-0.25, -0.2) is 14.8 Å². The molecule has 0 spiro atoms. The van der Waals surface area contributed by atoms with Crippen molar-refractivity contribution in [3.63, 3.8) is 0 Å². The van der Waals surface area contributed by atoms with Crippen LogP contribution in [0.15, 0.2) is 18.6 Å². The number of nitrogens with zero attached hydrogens (tertiary/aromatic N) is 7. The van der Waals surface area contributed by atoms with Gasteiger partial charge in [0, 0.05) is 37.1 Å². The van der Waals surface area contributed by atoms with Gasteiger partial charge in [-0.15, -0.1) is 0 Å². The maximum atomic E-state index is 12.3. The summed E-state index contributed by atoms with van der Waals surface area (Å²) in [5, 5.41) is 14.4. The third-order valence-electron chi connectivity index (χ3n) is 5.27. The van der Waals surface area contributed by atoms with Gasteiger partial charge in [-0.3, -0.25) is 4.79 Å². The van der Waals surface area contributed by atoms with E-state index in [1.54, 1.807) is 4.52 Å². The highest BCUT2D eigenvalue weighted by Crippen LogP contribution is 2.30. The molecule has 11 nitrogen and oxygen atoms in total. The largest absolute Gasteiger partial charge is 0.490 e. The van der Waals surface area contributed by atoms with Crippen LogP contribution in [0.25, 0.3) is 5.78 Å². The molecule has 0 aromatic carbocycles. The minimum atomic E-state index is -5.08. The molecule has 1 unspecified atom stereocenters. The van der Waals surface area contributed by atoms with Gasteiger partial charge in [-0.05, 0) is 26.7 Å². The lowest BCUT2D eigenvalue weighted by molar-refractivity contribution is -0.192. The number of nitrogens with one attached hydrogen (secondary N) is 1. The average Bonchev–Trinajstić information content (AvgIpc) is 3.24. The number of fused-ring (bicyclic) bond motifs is 2. The summed E-state index contributed by atoms with van der Waals surface area (Å²) in [7, 11) is 0. The number of anilines is 1. The van der Waals surface area contributed by atoms with Crippen LogP contribution < -0.4 is 10.2 Å². The monoisotopic (exact) mass is 466 g/mol. The number of carboxylic acids is 1. The Hall–Kier alpha value is -3.71. The standard InChI is InChI=1S/C17H20N8O.C2HF3O2/c1-10-7-14(25-17(20-10)18-9-19-25)24-6-5-23-8-13(22-15(23)11(24)2)16(26)21-12-3-4-12;3-2(4,5)1(6)7/h7-9,11-12H,3-6H2,1-2H3,(H,21,26);(H,6,7). The van der Waals surface area contributed by atoms with Gasteiger partial charge in [0.25, 0.3) is 11.7 Å². The van der Waals surface area contributed by atoms with Gasteiger partial charge in [0.1, 0.15) is 23.7 Å². The van der Waals surface area contributed by atoms with Gasteiger partial charge in [-0.2, -0.15) is 27.8 Å². The van der Waals surface area contributed by atoms with Crippen molar-refractivity contribution in [1.29, 1.82) is 0 Å². The Labute approximate surface area is 185 Å². The van der Waals surface area contributed by atoms with E-state index < -0.39 is 12.1 Å². The molecule has 1 amide bonds. The summed E-state index contributed by atoms with van der Waals surface area (Å²) in [4.78, 5) is 36.7. The summed E-state index contributed by atoms with van der Waals surface area (Å²) in [5.41, 5.74) is 1.39. The minimum Gasteiger partial charge on any atom is -0.475 e. The van der Waals surface area contributed by atoms with E-state index in [1.807, 2.05) is 19.2 Å². The first-order valence-electron chi connectivity index (χ1n) is 10.2. The number of alkyl halides is 3. The molecule has 0 saturated heterocycles. The molecule has 0 radical (unpaired) electrons. The number of imidazole rings is 1. The van der Waals surface area contributed by atoms with Crippen molar-refractivity contribution in [1.82, 2.24) is 34.4 Å². The predicted molar refractivity (Wildman–Crippen MR) is 108 cm³/mol. The topological polar surface area (TPSA) is 131 Å². The number of carbonyl (C=O) groups is 2. The molecule has 3 aromatic heterocycles. The van der Waals surface area contributed by atoms with Crippen molar-refractivity contribution in [2.24, 2.45) is 0 Å². The van der Waals surface area contributed by atoms with E-state index in [1.165, 1.54) is 6.33 Å². The number of aromatic nitrogens is 6. The van der Waals surface area contributed by atoms with Crippen molar-refractivity contribution < 1.29 is 27.9 Å². The molecule has 4 heterocycles. The van der Waals surface area contributed by atoms with E-state index in [2.05, 4.69) is 41.8 Å². The molecule has 2 N–H and O–H groups in total. The summed E-state index contributed by atoms with van der Waals surface area (Å²) in [6.07, 6.45) is 0.433. The lowest BCUT2D eigenvalue weighted by atomic mass is 10.2. The van der Waals surface area contributed by atoms with E-state index in [4.69, 9.17) is 9.90 Å². The quantitative estimate of drug-likeness (QED) is 0.597. The van der Waals surface area contributed by atoms with Crippen molar-refractivity contribution >= 4 is 23.5 Å². The van der Waals surface area contributed by atoms with Crippen LogP contribution in [0.5, 0.6) is 0 Å². The fourth-order valence-electron chi connectivity index (χ4n) is 3.52. The lowest BCUT2D eigenvalue weighted by Gasteiger charge is -2.35. The minimum absolute atomic E-state index is 0.0143. The Balaban J connectivity index is 0.000000325. The normalized spacial score (nSPS) is 17.8. The number of carbonyl (C=O) groups excluding carboxylic acids is 1. The van der Waals surface area contributed by atoms with Gasteiger partial charge >= 0.3 is 12.1 Å². The molecular formula is C19H21F3N8O3. The van der Waals surface area contributed by atoms with Crippen molar-refractivity contribution in [3.8, 4) is 0 Å². The second kappa shape index (κ2) is 8.33. The van der Waals surface area contributed by atoms with Gasteiger partial charge < -0.3 is 19.9 Å².